The van der Waals surface area contributed by atoms with Crippen LogP contribution in [0, 0.1) is 5.92 Å². The van der Waals surface area contributed by atoms with Crippen LogP contribution < -0.4 is 5.32 Å². The van der Waals surface area contributed by atoms with Crippen LogP contribution >= 0.6 is 0 Å². The van der Waals surface area contributed by atoms with Crippen LogP contribution in [-0.4, -0.2) is 33.5 Å². The van der Waals surface area contributed by atoms with Gasteiger partial charge >= 0.3 is 0 Å². The number of nitrogens with one attached hydrogen (secondary N) is 1. The zero-order valence-electron chi connectivity index (χ0n) is 13.4. The number of benzene rings is 1. The minimum absolute atomic E-state index is 0.463. The lowest BCUT2D eigenvalue weighted by Gasteiger charge is -2.31. The zero-order valence-corrected chi connectivity index (χ0v) is 13.4. The summed E-state index contributed by atoms with van der Waals surface area (Å²) in [7, 11) is 1.75. The second-order valence-corrected chi connectivity index (χ2v) is 5.87. The second-order valence-electron chi connectivity index (χ2n) is 5.87. The maximum atomic E-state index is 5.51. The fraction of sp³-hybridized carbons (Fsp3) is 0.667. The molecule has 0 aromatic heterocycles. The molecule has 0 radical (unpaired) electrons. The molecule has 3 nitrogen and oxygen atoms in total. The van der Waals surface area contributed by atoms with E-state index in [4.69, 9.17) is 9.47 Å². The number of methoxy groups -OCH3 is 1. The summed E-state index contributed by atoms with van der Waals surface area (Å²) < 4.78 is 10.7. The van der Waals surface area contributed by atoms with Gasteiger partial charge in [0.2, 0.25) is 0 Å². The van der Waals surface area contributed by atoms with Crippen molar-refractivity contribution in [2.45, 2.75) is 38.6 Å². The van der Waals surface area contributed by atoms with Gasteiger partial charge in [0.1, 0.15) is 0 Å². The van der Waals surface area contributed by atoms with Crippen LogP contribution in [0.2, 0.25) is 0 Å². The fourth-order valence-corrected chi connectivity index (χ4v) is 3.02. The monoisotopic (exact) mass is 291 g/mol. The first-order valence-corrected chi connectivity index (χ1v) is 8.24. The molecule has 1 heterocycles. The zero-order chi connectivity index (χ0) is 14.9. The van der Waals surface area contributed by atoms with Crippen LogP contribution in [0.5, 0.6) is 0 Å². The quantitative estimate of drug-likeness (QED) is 0.797. The van der Waals surface area contributed by atoms with Crippen molar-refractivity contribution in [1.82, 2.24) is 5.32 Å². The molecule has 0 saturated carbocycles. The Morgan fingerprint density at radius 1 is 1.24 bits per heavy atom. The minimum atomic E-state index is 0.463. The van der Waals surface area contributed by atoms with Crippen molar-refractivity contribution in [1.29, 1.82) is 0 Å². The average molecular weight is 291 g/mol. The smallest absolute Gasteiger partial charge is 0.0502 e. The molecule has 1 unspecified atom stereocenters. The topological polar surface area (TPSA) is 30.5 Å². The van der Waals surface area contributed by atoms with Gasteiger partial charge in [-0.15, -0.1) is 0 Å². The molecule has 0 aliphatic carbocycles. The van der Waals surface area contributed by atoms with E-state index in [1.54, 1.807) is 7.11 Å². The predicted molar refractivity (Wildman–Crippen MR) is 86.6 cm³/mol. The average Bonchev–Trinajstić information content (AvgIpc) is 2.55. The molecular weight excluding hydrogens is 262 g/mol. The van der Waals surface area contributed by atoms with Crippen molar-refractivity contribution in [2.24, 2.45) is 5.92 Å². The Morgan fingerprint density at radius 3 is 2.57 bits per heavy atom. The summed E-state index contributed by atoms with van der Waals surface area (Å²) in [5.74, 6) is 0.690. The summed E-state index contributed by atoms with van der Waals surface area (Å²) in [4.78, 5) is 0. The summed E-state index contributed by atoms with van der Waals surface area (Å²) in [6, 6.07) is 9.52. The van der Waals surface area contributed by atoms with Gasteiger partial charge in [0.25, 0.3) is 0 Å². The van der Waals surface area contributed by atoms with E-state index < -0.39 is 0 Å². The number of hydrogen-bond donors (Lipinski definition) is 1. The van der Waals surface area contributed by atoms with Gasteiger partial charge in [0, 0.05) is 26.4 Å². The first kappa shape index (κ1) is 16.5. The van der Waals surface area contributed by atoms with Crippen molar-refractivity contribution in [2.75, 3.05) is 33.5 Å². The van der Waals surface area contributed by atoms with Gasteiger partial charge in [-0.25, -0.2) is 0 Å². The normalized spacial score (nSPS) is 17.8. The molecule has 1 aromatic rings. The Labute approximate surface area is 129 Å². The lowest BCUT2D eigenvalue weighted by molar-refractivity contribution is 0.0536. The Bertz CT molecular complexity index is 385. The molecule has 0 bridgehead atoms. The van der Waals surface area contributed by atoms with E-state index >= 15 is 0 Å². The molecule has 1 aromatic carbocycles. The van der Waals surface area contributed by atoms with Gasteiger partial charge in [-0.3, -0.25) is 0 Å². The second kappa shape index (κ2) is 9.19. The van der Waals surface area contributed by atoms with E-state index in [2.05, 4.69) is 36.5 Å². The molecule has 3 heteroatoms. The lowest BCUT2D eigenvalue weighted by atomic mass is 9.86. The third-order valence-electron chi connectivity index (χ3n) is 4.29. The summed E-state index contributed by atoms with van der Waals surface area (Å²) in [5, 5.41) is 3.74. The number of rotatable bonds is 8. The van der Waals surface area contributed by atoms with Crippen molar-refractivity contribution in [3.05, 3.63) is 35.4 Å². The molecule has 1 atom stereocenters. The molecule has 1 saturated heterocycles. The highest BCUT2D eigenvalue weighted by Gasteiger charge is 2.24. The third kappa shape index (κ3) is 5.10. The van der Waals surface area contributed by atoms with Gasteiger partial charge < -0.3 is 14.8 Å². The SMILES string of the molecule is CCCNC(c1ccc(CCOC)cc1)C1CCOCC1. The van der Waals surface area contributed by atoms with Crippen molar-refractivity contribution in [3.63, 3.8) is 0 Å². The fourth-order valence-electron chi connectivity index (χ4n) is 3.02. The van der Waals surface area contributed by atoms with E-state index in [9.17, 15) is 0 Å². The van der Waals surface area contributed by atoms with E-state index in [0.717, 1.165) is 45.6 Å². The van der Waals surface area contributed by atoms with Gasteiger partial charge in [0.05, 0.1) is 6.61 Å². The highest BCUT2D eigenvalue weighted by molar-refractivity contribution is 5.26. The number of ether oxygens (including phenoxy) is 2. The summed E-state index contributed by atoms with van der Waals surface area (Å²) in [6.07, 6.45) is 4.48. The number of hydrogen-bond acceptors (Lipinski definition) is 3. The Morgan fingerprint density at radius 2 is 1.95 bits per heavy atom. The third-order valence-corrected chi connectivity index (χ3v) is 4.29. The molecule has 2 rings (SSSR count). The molecular formula is C18H29NO2. The predicted octanol–water partition coefficient (Wildman–Crippen LogP) is 3.34. The van der Waals surface area contributed by atoms with Crippen LogP contribution in [0.3, 0.4) is 0 Å². The van der Waals surface area contributed by atoms with Crippen molar-refractivity contribution in [3.8, 4) is 0 Å². The van der Waals surface area contributed by atoms with Crippen LogP contribution in [0.4, 0.5) is 0 Å². The van der Waals surface area contributed by atoms with Crippen molar-refractivity contribution < 1.29 is 9.47 Å². The van der Waals surface area contributed by atoms with Gasteiger partial charge in [-0.2, -0.15) is 0 Å². The van der Waals surface area contributed by atoms with E-state index in [0.29, 0.717) is 12.0 Å². The molecule has 118 valence electrons. The Balaban J connectivity index is 2.04. The molecule has 0 spiro atoms. The van der Waals surface area contributed by atoms with Crippen LogP contribution in [0.15, 0.2) is 24.3 Å². The molecule has 1 aliphatic heterocycles. The van der Waals surface area contributed by atoms with Crippen LogP contribution in [0.25, 0.3) is 0 Å². The highest BCUT2D eigenvalue weighted by atomic mass is 16.5. The Hall–Kier alpha value is -0.900. The standard InChI is InChI=1S/C18H29NO2/c1-3-11-19-18(17-9-13-21-14-10-17)16-6-4-15(5-7-16)8-12-20-2/h4-7,17-19H,3,8-14H2,1-2H3. The van der Waals surface area contributed by atoms with E-state index in [-0.39, 0.29) is 0 Å². The summed E-state index contributed by atoms with van der Waals surface area (Å²) in [5.41, 5.74) is 2.76. The molecule has 0 amide bonds. The van der Waals surface area contributed by atoms with Crippen LogP contribution in [0.1, 0.15) is 43.4 Å². The van der Waals surface area contributed by atoms with Gasteiger partial charge in [0.15, 0.2) is 0 Å². The van der Waals surface area contributed by atoms with Crippen molar-refractivity contribution >= 4 is 0 Å². The lowest BCUT2D eigenvalue weighted by Crippen LogP contribution is -2.32. The molecule has 1 N–H and O–H groups in total. The molecule has 21 heavy (non-hydrogen) atoms. The first-order valence-electron chi connectivity index (χ1n) is 8.24. The van der Waals surface area contributed by atoms with E-state index in [1.165, 1.54) is 17.5 Å². The minimum Gasteiger partial charge on any atom is -0.384 e. The van der Waals surface area contributed by atoms with E-state index in [1.807, 2.05) is 0 Å². The highest BCUT2D eigenvalue weighted by Crippen LogP contribution is 2.30. The molecule has 1 fully saturated rings. The maximum absolute atomic E-state index is 5.51. The first-order chi connectivity index (χ1) is 10.3. The maximum Gasteiger partial charge on any atom is 0.0502 e. The van der Waals surface area contributed by atoms with Gasteiger partial charge in [-0.1, -0.05) is 31.2 Å². The largest absolute Gasteiger partial charge is 0.384 e. The summed E-state index contributed by atoms with van der Waals surface area (Å²) in [6.45, 7) is 5.90. The Kier molecular flexibility index (Phi) is 7.20. The van der Waals surface area contributed by atoms with Crippen LogP contribution in [-0.2, 0) is 15.9 Å². The summed E-state index contributed by atoms with van der Waals surface area (Å²) >= 11 is 0. The van der Waals surface area contributed by atoms with Gasteiger partial charge in [-0.05, 0) is 49.3 Å². The molecule has 1 aliphatic rings.